The van der Waals surface area contributed by atoms with Crippen molar-refractivity contribution in [3.8, 4) is 11.5 Å². The maximum absolute atomic E-state index is 12.8. The number of benzene rings is 1. The number of nitrogens with zero attached hydrogens (tertiary/aromatic N) is 2. The van der Waals surface area contributed by atoms with Gasteiger partial charge in [0.15, 0.2) is 11.5 Å². The van der Waals surface area contributed by atoms with Gasteiger partial charge in [-0.25, -0.2) is 0 Å². The Labute approximate surface area is 144 Å². The monoisotopic (exact) mass is 339 g/mol. The molecule has 0 bridgehead atoms. The summed E-state index contributed by atoms with van der Waals surface area (Å²) in [5.74, 6) is 0.585. The van der Waals surface area contributed by atoms with Gasteiger partial charge in [-0.3, -0.25) is 14.6 Å². The summed E-state index contributed by atoms with van der Waals surface area (Å²) in [6.07, 6.45) is 3.39. The van der Waals surface area contributed by atoms with Gasteiger partial charge in [0.2, 0.25) is 18.6 Å². The van der Waals surface area contributed by atoms with Crippen LogP contribution in [0, 0.1) is 5.92 Å². The number of pyridine rings is 1. The molecule has 7 heteroatoms. The molecule has 1 N–H and O–H groups in total. The first-order valence-electron chi connectivity index (χ1n) is 7.99. The molecule has 2 amide bonds. The van der Waals surface area contributed by atoms with Crippen LogP contribution in [0.2, 0.25) is 0 Å². The van der Waals surface area contributed by atoms with Crippen molar-refractivity contribution < 1.29 is 19.1 Å². The van der Waals surface area contributed by atoms with Crippen LogP contribution in [0.3, 0.4) is 0 Å². The van der Waals surface area contributed by atoms with E-state index >= 15 is 0 Å². The summed E-state index contributed by atoms with van der Waals surface area (Å²) in [5, 5.41) is 2.86. The minimum Gasteiger partial charge on any atom is -0.454 e. The van der Waals surface area contributed by atoms with E-state index in [1.165, 1.54) is 0 Å². The van der Waals surface area contributed by atoms with Crippen molar-refractivity contribution in [1.29, 1.82) is 0 Å². The maximum Gasteiger partial charge on any atom is 0.231 e. The number of hydrogen-bond acceptors (Lipinski definition) is 5. The van der Waals surface area contributed by atoms with Crippen LogP contribution in [0.25, 0.3) is 0 Å². The standard InChI is InChI=1S/C18H17N3O4/c1-21-16(22)9-13(18(23)20-12-4-6-19-7-5-12)17(21)11-2-3-14-15(8-11)25-10-24-14/h2-8,13,17H,9-10H2,1H3,(H,19,20,23)/t13-,17+/m1/s1. The predicted octanol–water partition coefficient (Wildman–Crippen LogP) is 1.97. The van der Waals surface area contributed by atoms with Crippen LogP contribution in [0.15, 0.2) is 42.7 Å². The molecule has 2 atom stereocenters. The number of hydrogen-bond donors (Lipinski definition) is 1. The van der Waals surface area contributed by atoms with Crippen molar-refractivity contribution in [2.24, 2.45) is 5.92 Å². The molecule has 1 aromatic carbocycles. The Bertz CT molecular complexity index is 824. The molecule has 2 aliphatic heterocycles. The Balaban J connectivity index is 1.62. The minimum absolute atomic E-state index is 0.0578. The van der Waals surface area contributed by atoms with Crippen molar-refractivity contribution in [2.75, 3.05) is 19.2 Å². The number of likely N-dealkylation sites (tertiary alicyclic amines) is 1. The van der Waals surface area contributed by atoms with Gasteiger partial charge in [-0.2, -0.15) is 0 Å². The zero-order valence-electron chi connectivity index (χ0n) is 13.6. The van der Waals surface area contributed by atoms with E-state index in [9.17, 15) is 9.59 Å². The molecule has 4 rings (SSSR count). The zero-order valence-corrected chi connectivity index (χ0v) is 13.6. The average Bonchev–Trinajstić information content (AvgIpc) is 3.20. The molecule has 0 spiro atoms. The molecular formula is C18H17N3O4. The molecule has 128 valence electrons. The molecule has 0 saturated carbocycles. The summed E-state index contributed by atoms with van der Waals surface area (Å²) in [7, 11) is 1.72. The molecule has 1 aromatic heterocycles. The van der Waals surface area contributed by atoms with Crippen LogP contribution >= 0.6 is 0 Å². The van der Waals surface area contributed by atoms with Crippen molar-refractivity contribution in [2.45, 2.75) is 12.5 Å². The molecule has 0 unspecified atom stereocenters. The fourth-order valence-electron chi connectivity index (χ4n) is 3.33. The second-order valence-electron chi connectivity index (χ2n) is 6.10. The highest BCUT2D eigenvalue weighted by Crippen LogP contribution is 2.41. The van der Waals surface area contributed by atoms with Crippen molar-refractivity contribution in [1.82, 2.24) is 9.88 Å². The third-order valence-corrected chi connectivity index (χ3v) is 4.61. The topological polar surface area (TPSA) is 80.8 Å². The van der Waals surface area contributed by atoms with E-state index in [0.29, 0.717) is 17.2 Å². The smallest absolute Gasteiger partial charge is 0.231 e. The second kappa shape index (κ2) is 6.08. The molecule has 2 aliphatic rings. The Kier molecular flexibility index (Phi) is 3.76. The SMILES string of the molecule is CN1C(=O)C[C@@H](C(=O)Nc2ccncc2)[C@@H]1c1ccc2c(c1)OCO2. The van der Waals surface area contributed by atoms with Crippen LogP contribution in [0.4, 0.5) is 5.69 Å². The van der Waals surface area contributed by atoms with E-state index in [1.807, 2.05) is 18.2 Å². The van der Waals surface area contributed by atoms with Crippen LogP contribution in [0.1, 0.15) is 18.0 Å². The normalized spacial score (nSPS) is 21.5. The first-order chi connectivity index (χ1) is 12.1. The fraction of sp³-hybridized carbons (Fsp3) is 0.278. The van der Waals surface area contributed by atoms with Crippen molar-refractivity contribution in [3.05, 3.63) is 48.3 Å². The lowest BCUT2D eigenvalue weighted by Gasteiger charge is -2.25. The quantitative estimate of drug-likeness (QED) is 0.925. The molecule has 0 aliphatic carbocycles. The third kappa shape index (κ3) is 2.77. The Morgan fingerprint density at radius 2 is 1.96 bits per heavy atom. The summed E-state index contributed by atoms with van der Waals surface area (Å²) in [5.41, 5.74) is 1.51. The van der Waals surface area contributed by atoms with Crippen molar-refractivity contribution >= 4 is 17.5 Å². The number of fused-ring (bicyclic) bond motifs is 1. The van der Waals surface area contributed by atoms with Crippen LogP contribution in [0.5, 0.6) is 11.5 Å². The van der Waals surface area contributed by atoms with Gasteiger partial charge < -0.3 is 19.7 Å². The molecule has 1 fully saturated rings. The first kappa shape index (κ1) is 15.4. The summed E-state index contributed by atoms with van der Waals surface area (Å²) >= 11 is 0. The molecule has 0 radical (unpaired) electrons. The number of rotatable bonds is 3. The lowest BCUT2D eigenvalue weighted by molar-refractivity contribution is -0.127. The molecular weight excluding hydrogens is 322 g/mol. The van der Waals surface area contributed by atoms with Gasteiger partial charge in [-0.1, -0.05) is 6.07 Å². The highest BCUT2D eigenvalue weighted by molar-refractivity contribution is 5.97. The van der Waals surface area contributed by atoms with Gasteiger partial charge in [0.05, 0.1) is 12.0 Å². The van der Waals surface area contributed by atoms with Crippen LogP contribution < -0.4 is 14.8 Å². The third-order valence-electron chi connectivity index (χ3n) is 4.61. The highest BCUT2D eigenvalue weighted by atomic mass is 16.7. The van der Waals surface area contributed by atoms with E-state index in [4.69, 9.17) is 9.47 Å². The Morgan fingerprint density at radius 3 is 2.76 bits per heavy atom. The van der Waals surface area contributed by atoms with Crippen molar-refractivity contribution in [3.63, 3.8) is 0 Å². The predicted molar refractivity (Wildman–Crippen MR) is 89.0 cm³/mol. The largest absolute Gasteiger partial charge is 0.454 e. The number of anilines is 1. The highest BCUT2D eigenvalue weighted by Gasteiger charge is 2.43. The summed E-state index contributed by atoms with van der Waals surface area (Å²) in [4.78, 5) is 30.5. The number of aromatic nitrogens is 1. The van der Waals surface area contributed by atoms with E-state index < -0.39 is 5.92 Å². The van der Waals surface area contributed by atoms with Gasteiger partial charge in [-0.15, -0.1) is 0 Å². The van der Waals surface area contributed by atoms with Gasteiger partial charge >= 0.3 is 0 Å². The lowest BCUT2D eigenvalue weighted by atomic mass is 9.92. The van der Waals surface area contributed by atoms with E-state index in [1.54, 1.807) is 36.5 Å². The van der Waals surface area contributed by atoms with Crippen LogP contribution in [-0.2, 0) is 9.59 Å². The zero-order chi connectivity index (χ0) is 17.4. The summed E-state index contributed by atoms with van der Waals surface area (Å²) < 4.78 is 10.7. The molecule has 1 saturated heterocycles. The van der Waals surface area contributed by atoms with Crippen LogP contribution in [-0.4, -0.2) is 35.5 Å². The fourth-order valence-corrected chi connectivity index (χ4v) is 3.33. The number of ether oxygens (including phenoxy) is 2. The molecule has 25 heavy (non-hydrogen) atoms. The van der Waals surface area contributed by atoms with E-state index in [2.05, 4.69) is 10.3 Å². The number of amides is 2. The van der Waals surface area contributed by atoms with E-state index in [0.717, 1.165) is 5.56 Å². The van der Waals surface area contributed by atoms with E-state index in [-0.39, 0.29) is 31.1 Å². The Morgan fingerprint density at radius 1 is 1.20 bits per heavy atom. The number of carbonyl (C=O) groups is 2. The number of carbonyl (C=O) groups excluding carboxylic acids is 2. The van der Waals surface area contributed by atoms with Gasteiger partial charge in [0.1, 0.15) is 0 Å². The van der Waals surface area contributed by atoms with Gasteiger partial charge in [0, 0.05) is 31.5 Å². The van der Waals surface area contributed by atoms with Gasteiger partial charge in [0.25, 0.3) is 0 Å². The molecule has 3 heterocycles. The average molecular weight is 339 g/mol. The second-order valence-corrected chi connectivity index (χ2v) is 6.10. The van der Waals surface area contributed by atoms with Gasteiger partial charge in [-0.05, 0) is 29.8 Å². The molecule has 2 aromatic rings. The summed E-state index contributed by atoms with van der Waals surface area (Å²) in [6, 6.07) is 8.62. The first-order valence-corrected chi connectivity index (χ1v) is 7.99. The Hall–Kier alpha value is -3.09. The molecule has 7 nitrogen and oxygen atoms in total. The minimum atomic E-state index is -0.481. The number of nitrogens with one attached hydrogen (secondary N) is 1. The maximum atomic E-state index is 12.8. The summed E-state index contributed by atoms with van der Waals surface area (Å²) in [6.45, 7) is 0.185. The lowest BCUT2D eigenvalue weighted by Crippen LogP contribution is -2.30.